The molecule has 0 amide bonds. The molecule has 1 rings (SSSR count). The third kappa shape index (κ3) is 1.05. The van der Waals surface area contributed by atoms with Crippen LogP contribution in [0.2, 0.25) is 0 Å². The normalized spacial score (nSPS) is 31.1. The molecule has 11 heavy (non-hydrogen) atoms. The third-order valence-corrected chi connectivity index (χ3v) is 2.28. The first-order valence-electron chi connectivity index (χ1n) is 3.53. The summed E-state index contributed by atoms with van der Waals surface area (Å²) in [5.74, 6) is -0.320. The molecule has 0 fully saturated rings. The fourth-order valence-electron chi connectivity index (χ4n) is 1.06. The number of hydrogen-bond acceptors (Lipinski definition) is 3. The fourth-order valence-corrected chi connectivity index (χ4v) is 1.06. The summed E-state index contributed by atoms with van der Waals surface area (Å²) in [5.41, 5.74) is 0.660. The van der Waals surface area contributed by atoms with Crippen molar-refractivity contribution >= 4 is 5.97 Å². The van der Waals surface area contributed by atoms with Crippen molar-refractivity contribution in [2.24, 2.45) is 0 Å². The molecular weight excluding hydrogens is 144 g/mol. The first-order valence-corrected chi connectivity index (χ1v) is 3.53. The SMILES string of the molecule is CC1=C(C)C(C)(CO)OC1=O. The van der Waals surface area contributed by atoms with E-state index in [0.717, 1.165) is 5.57 Å². The van der Waals surface area contributed by atoms with Crippen molar-refractivity contribution in [2.75, 3.05) is 6.61 Å². The molecule has 1 heterocycles. The van der Waals surface area contributed by atoms with E-state index < -0.39 is 5.60 Å². The van der Waals surface area contributed by atoms with Gasteiger partial charge in [0.25, 0.3) is 0 Å². The van der Waals surface area contributed by atoms with Gasteiger partial charge >= 0.3 is 5.97 Å². The second-order valence-corrected chi connectivity index (χ2v) is 3.03. The van der Waals surface area contributed by atoms with E-state index in [2.05, 4.69) is 0 Å². The number of hydrogen-bond donors (Lipinski definition) is 1. The topological polar surface area (TPSA) is 46.5 Å². The van der Waals surface area contributed by atoms with Gasteiger partial charge in [-0.15, -0.1) is 0 Å². The molecule has 0 aliphatic carbocycles. The summed E-state index contributed by atoms with van der Waals surface area (Å²) in [6.45, 7) is 5.06. The Morgan fingerprint density at radius 3 is 2.27 bits per heavy atom. The molecule has 0 aromatic heterocycles. The molecule has 62 valence electrons. The van der Waals surface area contributed by atoms with Crippen molar-refractivity contribution in [1.29, 1.82) is 0 Å². The number of carbonyl (C=O) groups is 1. The molecule has 0 saturated heterocycles. The fraction of sp³-hybridized carbons (Fsp3) is 0.625. The van der Waals surface area contributed by atoms with Gasteiger partial charge in [-0.3, -0.25) is 0 Å². The van der Waals surface area contributed by atoms with Gasteiger partial charge in [-0.1, -0.05) is 0 Å². The second-order valence-electron chi connectivity index (χ2n) is 3.03. The average Bonchev–Trinajstić information content (AvgIpc) is 2.17. The van der Waals surface area contributed by atoms with Crippen LogP contribution in [0.5, 0.6) is 0 Å². The van der Waals surface area contributed by atoms with E-state index in [1.54, 1.807) is 20.8 Å². The summed E-state index contributed by atoms with van der Waals surface area (Å²) in [5, 5.41) is 8.92. The third-order valence-electron chi connectivity index (χ3n) is 2.28. The van der Waals surface area contributed by atoms with Crippen LogP contribution in [-0.2, 0) is 9.53 Å². The summed E-state index contributed by atoms with van der Waals surface area (Å²) >= 11 is 0. The average molecular weight is 156 g/mol. The lowest BCUT2D eigenvalue weighted by molar-refractivity contribution is -0.148. The van der Waals surface area contributed by atoms with Crippen molar-refractivity contribution in [1.82, 2.24) is 0 Å². The highest BCUT2D eigenvalue weighted by atomic mass is 16.6. The van der Waals surface area contributed by atoms with Crippen LogP contribution in [0.25, 0.3) is 0 Å². The van der Waals surface area contributed by atoms with Crippen LogP contribution >= 0.6 is 0 Å². The lowest BCUT2D eigenvalue weighted by atomic mass is 9.97. The van der Waals surface area contributed by atoms with Gasteiger partial charge < -0.3 is 9.84 Å². The predicted octanol–water partition coefficient (Wildman–Crippen LogP) is 0.631. The molecule has 0 aromatic rings. The zero-order valence-electron chi connectivity index (χ0n) is 6.97. The summed E-state index contributed by atoms with van der Waals surface area (Å²) in [6.07, 6.45) is 0. The Hall–Kier alpha value is -0.830. The molecule has 1 aliphatic rings. The van der Waals surface area contributed by atoms with Crippen LogP contribution in [-0.4, -0.2) is 23.3 Å². The van der Waals surface area contributed by atoms with Crippen LogP contribution in [0.1, 0.15) is 20.8 Å². The predicted molar refractivity (Wildman–Crippen MR) is 40.0 cm³/mol. The number of carbonyl (C=O) groups excluding carboxylic acids is 1. The smallest absolute Gasteiger partial charge is 0.334 e. The van der Waals surface area contributed by atoms with Crippen LogP contribution in [0.4, 0.5) is 0 Å². The van der Waals surface area contributed by atoms with Gasteiger partial charge in [0.1, 0.15) is 0 Å². The molecule has 0 radical (unpaired) electrons. The largest absolute Gasteiger partial charge is 0.449 e. The lowest BCUT2D eigenvalue weighted by Gasteiger charge is -2.21. The Labute approximate surface area is 65.7 Å². The van der Waals surface area contributed by atoms with E-state index in [1.165, 1.54) is 0 Å². The Bertz CT molecular complexity index is 229. The van der Waals surface area contributed by atoms with Crippen LogP contribution in [0, 0.1) is 0 Å². The molecule has 0 saturated carbocycles. The zero-order valence-corrected chi connectivity index (χ0v) is 6.97. The highest BCUT2D eigenvalue weighted by Crippen LogP contribution is 2.31. The molecule has 1 aliphatic heterocycles. The van der Waals surface area contributed by atoms with Gasteiger partial charge in [-0.05, 0) is 26.3 Å². The zero-order chi connectivity index (χ0) is 8.65. The number of aliphatic hydroxyl groups is 1. The first kappa shape index (κ1) is 8.27. The number of esters is 1. The van der Waals surface area contributed by atoms with E-state index in [1.807, 2.05) is 0 Å². The number of aliphatic hydroxyl groups excluding tert-OH is 1. The van der Waals surface area contributed by atoms with Crippen LogP contribution in [0.3, 0.4) is 0 Å². The highest BCUT2D eigenvalue weighted by Gasteiger charge is 2.38. The molecule has 0 aromatic carbocycles. The minimum Gasteiger partial charge on any atom is -0.449 e. The summed E-state index contributed by atoms with van der Waals surface area (Å²) in [4.78, 5) is 11.0. The van der Waals surface area contributed by atoms with Crippen LogP contribution in [0.15, 0.2) is 11.1 Å². The van der Waals surface area contributed by atoms with E-state index in [4.69, 9.17) is 9.84 Å². The second kappa shape index (κ2) is 2.34. The van der Waals surface area contributed by atoms with Gasteiger partial charge in [-0.25, -0.2) is 4.79 Å². The van der Waals surface area contributed by atoms with Gasteiger partial charge in [0, 0.05) is 5.57 Å². The summed E-state index contributed by atoms with van der Waals surface area (Å²) < 4.78 is 4.96. The minimum atomic E-state index is -0.777. The van der Waals surface area contributed by atoms with E-state index >= 15 is 0 Å². The molecule has 1 atom stereocenters. The molecule has 0 bridgehead atoms. The Kier molecular flexibility index (Phi) is 1.76. The van der Waals surface area contributed by atoms with Crippen molar-refractivity contribution < 1.29 is 14.6 Å². The quantitative estimate of drug-likeness (QED) is 0.566. The van der Waals surface area contributed by atoms with Crippen molar-refractivity contribution in [3.63, 3.8) is 0 Å². The summed E-state index contributed by atoms with van der Waals surface area (Å²) in [7, 11) is 0. The maximum atomic E-state index is 11.0. The van der Waals surface area contributed by atoms with Crippen molar-refractivity contribution in [3.05, 3.63) is 11.1 Å². The Morgan fingerprint density at radius 2 is 2.09 bits per heavy atom. The maximum absolute atomic E-state index is 11.0. The van der Waals surface area contributed by atoms with Gasteiger partial charge in [0.2, 0.25) is 0 Å². The minimum absolute atomic E-state index is 0.151. The van der Waals surface area contributed by atoms with E-state index in [0.29, 0.717) is 5.57 Å². The lowest BCUT2D eigenvalue weighted by Crippen LogP contribution is -2.31. The van der Waals surface area contributed by atoms with Crippen molar-refractivity contribution in [2.45, 2.75) is 26.4 Å². The Balaban J connectivity index is 3.03. The number of cyclic esters (lactones) is 1. The standard InChI is InChI=1S/C8H12O3/c1-5-6(2)8(3,4-9)11-7(5)10/h9H,4H2,1-3H3. The molecule has 3 nitrogen and oxygen atoms in total. The van der Waals surface area contributed by atoms with Gasteiger partial charge in [0.05, 0.1) is 6.61 Å². The van der Waals surface area contributed by atoms with Gasteiger partial charge in [-0.2, -0.15) is 0 Å². The summed E-state index contributed by atoms with van der Waals surface area (Å²) in [6, 6.07) is 0. The number of rotatable bonds is 1. The monoisotopic (exact) mass is 156 g/mol. The molecule has 1 unspecified atom stereocenters. The van der Waals surface area contributed by atoms with E-state index in [-0.39, 0.29) is 12.6 Å². The first-order chi connectivity index (χ1) is 5.01. The molecule has 0 spiro atoms. The van der Waals surface area contributed by atoms with Crippen LogP contribution < -0.4 is 0 Å². The molecular formula is C8H12O3. The highest BCUT2D eigenvalue weighted by molar-refractivity contribution is 5.92. The number of ether oxygens (including phenoxy) is 1. The Morgan fingerprint density at radius 1 is 1.55 bits per heavy atom. The van der Waals surface area contributed by atoms with Crippen molar-refractivity contribution in [3.8, 4) is 0 Å². The maximum Gasteiger partial charge on any atom is 0.334 e. The molecule has 1 N–H and O–H groups in total. The van der Waals surface area contributed by atoms with Gasteiger partial charge in [0.15, 0.2) is 5.60 Å². The molecule has 3 heteroatoms. The van der Waals surface area contributed by atoms with E-state index in [9.17, 15) is 4.79 Å².